The van der Waals surface area contributed by atoms with Gasteiger partial charge in [0.25, 0.3) is 0 Å². The highest BCUT2D eigenvalue weighted by Crippen LogP contribution is 2.39. The van der Waals surface area contributed by atoms with Crippen LogP contribution in [0.15, 0.2) is 24.3 Å². The van der Waals surface area contributed by atoms with Gasteiger partial charge in [-0.1, -0.05) is 19.1 Å². The molecule has 0 radical (unpaired) electrons. The zero-order valence-electron chi connectivity index (χ0n) is 11.6. The fraction of sp³-hybridized carbons (Fsp3) is 0.625. The van der Waals surface area contributed by atoms with Gasteiger partial charge in [0.05, 0.1) is 5.69 Å². The van der Waals surface area contributed by atoms with Crippen molar-refractivity contribution in [3.8, 4) is 0 Å². The van der Waals surface area contributed by atoms with Crippen LogP contribution in [0.5, 0.6) is 0 Å². The largest absolute Gasteiger partial charge is 0.365 e. The van der Waals surface area contributed by atoms with E-state index in [1.165, 1.54) is 41.4 Å². The second-order valence-corrected chi connectivity index (χ2v) is 6.99. The molecule has 2 aliphatic heterocycles. The molecular weight excluding hydrogens is 347 g/mol. The monoisotopic (exact) mass is 370 g/mol. The number of piperidine rings is 2. The van der Waals surface area contributed by atoms with Crippen molar-refractivity contribution in [3.05, 3.63) is 27.8 Å². The summed E-state index contributed by atoms with van der Waals surface area (Å²) in [5.41, 5.74) is 1.47. The summed E-state index contributed by atoms with van der Waals surface area (Å²) in [7, 11) is 0. The summed E-state index contributed by atoms with van der Waals surface area (Å²) in [6, 6.07) is 11.1. The number of hydrogen-bond donors (Lipinski definition) is 1. The highest BCUT2D eigenvalue weighted by Gasteiger charge is 2.38. The van der Waals surface area contributed by atoms with Crippen LogP contribution in [0.1, 0.15) is 39.0 Å². The van der Waals surface area contributed by atoms with Gasteiger partial charge in [0, 0.05) is 21.7 Å². The van der Waals surface area contributed by atoms with Gasteiger partial charge in [-0.25, -0.2) is 0 Å². The zero-order chi connectivity index (χ0) is 13.2. The lowest BCUT2D eigenvalue weighted by atomic mass is 9.81. The van der Waals surface area contributed by atoms with E-state index in [0.29, 0.717) is 0 Å². The maximum absolute atomic E-state index is 3.67. The summed E-state index contributed by atoms with van der Waals surface area (Å²) in [5, 5.41) is 3.67. The van der Waals surface area contributed by atoms with Gasteiger partial charge in [0.1, 0.15) is 0 Å². The van der Waals surface area contributed by atoms with Crippen molar-refractivity contribution < 1.29 is 0 Å². The lowest BCUT2D eigenvalue weighted by Gasteiger charge is -2.50. The molecule has 2 nitrogen and oxygen atoms in total. The van der Waals surface area contributed by atoms with Crippen LogP contribution in [-0.4, -0.2) is 24.7 Å². The third kappa shape index (κ3) is 2.77. The van der Waals surface area contributed by atoms with Crippen LogP contribution < -0.4 is 10.2 Å². The number of anilines is 1. The molecule has 0 saturated carbocycles. The number of nitrogens with zero attached hydrogens (tertiary/aromatic N) is 1. The Kier molecular flexibility index (Phi) is 4.32. The Morgan fingerprint density at radius 1 is 1.21 bits per heavy atom. The van der Waals surface area contributed by atoms with Gasteiger partial charge >= 0.3 is 0 Å². The van der Waals surface area contributed by atoms with Gasteiger partial charge in [-0.2, -0.15) is 0 Å². The Hall–Kier alpha value is -0.290. The van der Waals surface area contributed by atoms with Crippen LogP contribution in [0.2, 0.25) is 0 Å². The van der Waals surface area contributed by atoms with Crippen LogP contribution in [0.3, 0.4) is 0 Å². The van der Waals surface area contributed by atoms with E-state index in [0.717, 1.165) is 24.7 Å². The van der Waals surface area contributed by atoms with Crippen molar-refractivity contribution in [2.45, 2.75) is 57.2 Å². The van der Waals surface area contributed by atoms with Crippen molar-refractivity contribution in [2.75, 3.05) is 11.4 Å². The van der Waals surface area contributed by atoms with E-state index in [4.69, 9.17) is 0 Å². The smallest absolute Gasteiger partial charge is 0.0506 e. The zero-order valence-corrected chi connectivity index (χ0v) is 13.8. The number of benzene rings is 1. The molecule has 2 atom stereocenters. The molecule has 3 rings (SSSR count). The normalized spacial score (nSPS) is 30.4. The van der Waals surface area contributed by atoms with E-state index in [1.807, 2.05) is 0 Å². The molecule has 1 aromatic carbocycles. The minimum atomic E-state index is 0.734. The number of rotatable bonds is 3. The maximum atomic E-state index is 3.67. The Bertz CT molecular complexity index is 421. The van der Waals surface area contributed by atoms with Crippen molar-refractivity contribution in [1.82, 2.24) is 5.32 Å². The van der Waals surface area contributed by atoms with E-state index in [1.54, 1.807) is 0 Å². The molecule has 2 fully saturated rings. The van der Waals surface area contributed by atoms with Crippen molar-refractivity contribution >= 4 is 28.3 Å². The van der Waals surface area contributed by atoms with Crippen molar-refractivity contribution in [1.29, 1.82) is 0 Å². The Labute approximate surface area is 130 Å². The predicted octanol–water partition coefficient (Wildman–Crippen LogP) is 3.79. The van der Waals surface area contributed by atoms with Crippen LogP contribution in [0.4, 0.5) is 5.69 Å². The molecule has 0 spiro atoms. The Morgan fingerprint density at radius 3 is 2.53 bits per heavy atom. The van der Waals surface area contributed by atoms with Crippen molar-refractivity contribution in [3.63, 3.8) is 0 Å². The Balaban J connectivity index is 1.85. The third-order valence-corrected chi connectivity index (χ3v) is 5.51. The first-order chi connectivity index (χ1) is 9.29. The minimum absolute atomic E-state index is 0.734. The van der Waals surface area contributed by atoms with Gasteiger partial charge in [-0.15, -0.1) is 0 Å². The first-order valence-corrected chi connectivity index (χ1v) is 8.63. The highest BCUT2D eigenvalue weighted by atomic mass is 127. The molecule has 0 amide bonds. The summed E-state index contributed by atoms with van der Waals surface area (Å²) in [6.45, 7) is 3.33. The average Bonchev–Trinajstić information content (AvgIpc) is 2.39. The van der Waals surface area contributed by atoms with E-state index in [2.05, 4.69) is 64.0 Å². The molecule has 0 aliphatic carbocycles. The second kappa shape index (κ2) is 6.00. The molecule has 2 heterocycles. The van der Waals surface area contributed by atoms with Gasteiger partial charge in [0.15, 0.2) is 0 Å². The lowest BCUT2D eigenvalue weighted by Crippen LogP contribution is -2.56. The summed E-state index contributed by atoms with van der Waals surface area (Å²) in [4.78, 5) is 2.74. The molecule has 2 saturated heterocycles. The van der Waals surface area contributed by atoms with E-state index >= 15 is 0 Å². The van der Waals surface area contributed by atoms with Gasteiger partial charge in [0.2, 0.25) is 0 Å². The standard InChI is InChI=1S/C16H23IN2/c1-2-18-12-10-13-6-5-7-14(11-12)19(13)16-9-4-3-8-15(16)17/h3-4,8-9,12-14,18H,2,5-7,10-11H2,1H3. The number of nitrogens with one attached hydrogen (secondary N) is 1. The first-order valence-electron chi connectivity index (χ1n) is 7.56. The van der Waals surface area contributed by atoms with E-state index in [-0.39, 0.29) is 0 Å². The maximum Gasteiger partial charge on any atom is 0.0506 e. The van der Waals surface area contributed by atoms with Gasteiger partial charge in [-0.05, 0) is 73.4 Å². The van der Waals surface area contributed by atoms with Crippen LogP contribution in [0.25, 0.3) is 0 Å². The fourth-order valence-electron chi connectivity index (χ4n) is 3.89. The molecular formula is C16H23IN2. The van der Waals surface area contributed by atoms with Crippen LogP contribution >= 0.6 is 22.6 Å². The molecule has 19 heavy (non-hydrogen) atoms. The number of hydrogen-bond acceptors (Lipinski definition) is 2. The minimum Gasteiger partial charge on any atom is -0.365 e. The number of fused-ring (bicyclic) bond motifs is 2. The molecule has 2 unspecified atom stereocenters. The molecule has 104 valence electrons. The molecule has 0 aromatic heterocycles. The van der Waals surface area contributed by atoms with Crippen LogP contribution in [0, 0.1) is 3.57 Å². The molecule has 1 N–H and O–H groups in total. The van der Waals surface area contributed by atoms with E-state index in [9.17, 15) is 0 Å². The molecule has 2 aliphatic rings. The lowest BCUT2D eigenvalue weighted by molar-refractivity contribution is 0.247. The SMILES string of the molecule is CCNC1CC2CCCC(C1)N2c1ccccc1I. The Morgan fingerprint density at radius 2 is 1.89 bits per heavy atom. The fourth-order valence-corrected chi connectivity index (χ4v) is 4.56. The van der Waals surface area contributed by atoms with Gasteiger partial charge in [-0.3, -0.25) is 0 Å². The topological polar surface area (TPSA) is 15.3 Å². The molecule has 3 heteroatoms. The average molecular weight is 370 g/mol. The highest BCUT2D eigenvalue weighted by molar-refractivity contribution is 14.1. The predicted molar refractivity (Wildman–Crippen MR) is 89.8 cm³/mol. The molecule has 2 bridgehead atoms. The molecule has 1 aromatic rings. The number of halogens is 1. The summed E-state index contributed by atoms with van der Waals surface area (Å²) in [5.74, 6) is 0. The summed E-state index contributed by atoms with van der Waals surface area (Å²) in [6.07, 6.45) is 6.77. The quantitative estimate of drug-likeness (QED) is 0.815. The number of para-hydroxylation sites is 1. The van der Waals surface area contributed by atoms with Crippen molar-refractivity contribution in [2.24, 2.45) is 0 Å². The van der Waals surface area contributed by atoms with Gasteiger partial charge < -0.3 is 10.2 Å². The first kappa shape index (κ1) is 13.7. The second-order valence-electron chi connectivity index (χ2n) is 5.82. The van der Waals surface area contributed by atoms with Crippen LogP contribution in [-0.2, 0) is 0 Å². The third-order valence-electron chi connectivity index (χ3n) is 4.60. The van der Waals surface area contributed by atoms with E-state index < -0.39 is 0 Å². The summed E-state index contributed by atoms with van der Waals surface area (Å²) >= 11 is 2.49. The summed E-state index contributed by atoms with van der Waals surface area (Å²) < 4.78 is 1.40.